The van der Waals surface area contributed by atoms with Crippen molar-refractivity contribution in [2.45, 2.75) is 24.7 Å². The Hall–Kier alpha value is -2.34. The monoisotopic (exact) mass is 294 g/mol. The molecule has 0 heterocycles. The lowest BCUT2D eigenvalue weighted by Gasteiger charge is -2.31. The van der Waals surface area contributed by atoms with E-state index in [-0.39, 0.29) is 5.41 Å². The Labute approximate surface area is 136 Å². The van der Waals surface area contributed by atoms with E-state index in [1.54, 1.807) is 33.4 Å². The molecule has 0 nitrogen and oxygen atoms in total. The maximum absolute atomic E-state index is 2.53. The van der Waals surface area contributed by atoms with Crippen LogP contribution in [0.1, 0.15) is 58.1 Å². The lowest BCUT2D eigenvalue weighted by molar-refractivity contribution is 0.288. The number of rotatable bonds is 0. The van der Waals surface area contributed by atoms with E-state index in [2.05, 4.69) is 79.7 Å². The minimum atomic E-state index is 0.261. The van der Waals surface area contributed by atoms with E-state index in [1.807, 2.05) is 0 Å². The first-order chi connectivity index (χ1) is 11.3. The smallest absolute Gasteiger partial charge is 0.0167 e. The average molecular weight is 294 g/mol. The van der Waals surface area contributed by atoms with Gasteiger partial charge in [0.25, 0.3) is 0 Å². The highest BCUT2D eigenvalue weighted by Crippen LogP contribution is 2.75. The van der Waals surface area contributed by atoms with Crippen LogP contribution in [0.25, 0.3) is 0 Å². The summed E-state index contributed by atoms with van der Waals surface area (Å²) in [7, 11) is 0. The van der Waals surface area contributed by atoms with Crippen molar-refractivity contribution in [2.24, 2.45) is 5.41 Å². The summed E-state index contributed by atoms with van der Waals surface area (Å²) in [5, 5.41) is 0. The molecular weight excluding hydrogens is 276 g/mol. The summed E-state index contributed by atoms with van der Waals surface area (Å²) in [5.41, 5.74) is 9.62. The van der Waals surface area contributed by atoms with Gasteiger partial charge in [0.15, 0.2) is 0 Å². The van der Waals surface area contributed by atoms with Crippen LogP contribution in [0.5, 0.6) is 0 Å². The van der Waals surface area contributed by atoms with Crippen molar-refractivity contribution in [1.29, 1.82) is 0 Å². The molecule has 0 bridgehead atoms. The van der Waals surface area contributed by atoms with E-state index >= 15 is 0 Å². The van der Waals surface area contributed by atoms with Crippen molar-refractivity contribution in [1.82, 2.24) is 0 Å². The Morgan fingerprint density at radius 3 is 0.913 bits per heavy atom. The van der Waals surface area contributed by atoms with Crippen molar-refractivity contribution in [3.8, 4) is 0 Å². The van der Waals surface area contributed by atoms with Gasteiger partial charge in [-0.1, -0.05) is 79.7 Å². The first-order valence-electron chi connectivity index (χ1n) is 8.58. The molecule has 0 aromatic heterocycles. The van der Waals surface area contributed by atoms with Crippen LogP contribution >= 0.6 is 0 Å². The molecule has 0 aliphatic heterocycles. The number of benzene rings is 3. The average Bonchev–Trinajstić information content (AvgIpc) is 3.11. The summed E-state index contributed by atoms with van der Waals surface area (Å²) < 4.78 is 0. The van der Waals surface area contributed by atoms with Gasteiger partial charge in [0.1, 0.15) is 0 Å². The quantitative estimate of drug-likeness (QED) is 0.518. The maximum atomic E-state index is 2.53. The second kappa shape index (κ2) is 3.76. The van der Waals surface area contributed by atoms with Crippen LogP contribution in [0.15, 0.2) is 72.8 Å². The highest BCUT2D eigenvalue weighted by molar-refractivity contribution is 5.67. The van der Waals surface area contributed by atoms with Gasteiger partial charge in [-0.2, -0.15) is 0 Å². The fraction of sp³-hybridized carbons (Fsp3) is 0.217. The van der Waals surface area contributed by atoms with Crippen molar-refractivity contribution in [3.63, 3.8) is 0 Å². The van der Waals surface area contributed by atoms with E-state index in [0.717, 1.165) is 0 Å². The minimum Gasteiger partial charge on any atom is -0.0620 e. The van der Waals surface area contributed by atoms with Crippen molar-refractivity contribution < 1.29 is 0 Å². The highest BCUT2D eigenvalue weighted by atomic mass is 14.7. The molecule has 23 heavy (non-hydrogen) atoms. The predicted octanol–water partition coefficient (Wildman–Crippen LogP) is 5.43. The first kappa shape index (κ1) is 12.1. The molecule has 0 saturated carbocycles. The molecule has 110 valence electrons. The minimum absolute atomic E-state index is 0.261. The fourth-order valence-electron chi connectivity index (χ4n) is 6.12. The standard InChI is InChI=1S/C23H18/c1-23-20-14-8-2-3-9-15(14)21(23)18-12-6-7-13-19(18)22(23)17-11-5-4-10-16(17)20/h2-13,20-22H,1H3. The Morgan fingerprint density at radius 1 is 0.478 bits per heavy atom. The van der Waals surface area contributed by atoms with Crippen LogP contribution in [0, 0.1) is 5.41 Å². The molecular formula is C23H18. The highest BCUT2D eigenvalue weighted by Gasteiger charge is 2.64. The van der Waals surface area contributed by atoms with Gasteiger partial charge in [0.2, 0.25) is 0 Å². The molecule has 3 aliphatic carbocycles. The molecule has 0 saturated heterocycles. The van der Waals surface area contributed by atoms with Gasteiger partial charge in [-0.25, -0.2) is 0 Å². The predicted molar refractivity (Wildman–Crippen MR) is 93.0 cm³/mol. The summed E-state index contributed by atoms with van der Waals surface area (Å²) >= 11 is 0. The van der Waals surface area contributed by atoms with Crippen molar-refractivity contribution in [2.75, 3.05) is 0 Å². The number of hydrogen-bond acceptors (Lipinski definition) is 0. The fourth-order valence-corrected chi connectivity index (χ4v) is 6.12. The molecule has 0 heteroatoms. The molecule has 0 fully saturated rings. The zero-order valence-corrected chi connectivity index (χ0v) is 13.2. The summed E-state index contributed by atoms with van der Waals surface area (Å²) in [6.07, 6.45) is 0. The molecule has 3 aliphatic rings. The van der Waals surface area contributed by atoms with E-state index in [9.17, 15) is 0 Å². The molecule has 0 radical (unpaired) electrons. The van der Waals surface area contributed by atoms with Gasteiger partial charge in [-0.3, -0.25) is 0 Å². The molecule has 0 unspecified atom stereocenters. The molecule has 3 aromatic carbocycles. The third-order valence-electron chi connectivity index (χ3n) is 6.72. The normalized spacial score (nSPS) is 31.4. The van der Waals surface area contributed by atoms with Gasteiger partial charge in [0, 0.05) is 23.2 Å². The first-order valence-corrected chi connectivity index (χ1v) is 8.58. The van der Waals surface area contributed by atoms with Crippen molar-refractivity contribution >= 4 is 0 Å². The van der Waals surface area contributed by atoms with Crippen LogP contribution in [0.2, 0.25) is 0 Å². The van der Waals surface area contributed by atoms with E-state index in [0.29, 0.717) is 17.8 Å². The van der Waals surface area contributed by atoms with E-state index in [4.69, 9.17) is 0 Å². The summed E-state index contributed by atoms with van der Waals surface area (Å²) in [6, 6.07) is 27.5. The summed E-state index contributed by atoms with van der Waals surface area (Å²) in [6.45, 7) is 2.53. The molecule has 0 amide bonds. The summed E-state index contributed by atoms with van der Waals surface area (Å²) in [4.78, 5) is 0. The van der Waals surface area contributed by atoms with Crippen LogP contribution < -0.4 is 0 Å². The van der Waals surface area contributed by atoms with Gasteiger partial charge >= 0.3 is 0 Å². The van der Waals surface area contributed by atoms with Crippen LogP contribution in [0.3, 0.4) is 0 Å². The Morgan fingerprint density at radius 2 is 0.696 bits per heavy atom. The van der Waals surface area contributed by atoms with Crippen molar-refractivity contribution in [3.05, 3.63) is 106 Å². The maximum Gasteiger partial charge on any atom is 0.0167 e. The largest absolute Gasteiger partial charge is 0.0620 e. The zero-order chi connectivity index (χ0) is 15.2. The zero-order valence-electron chi connectivity index (χ0n) is 13.2. The topological polar surface area (TPSA) is 0 Å². The van der Waals surface area contributed by atoms with E-state index in [1.165, 1.54) is 0 Å². The number of hydrogen-bond donors (Lipinski definition) is 0. The SMILES string of the molecule is CC12C3c4ccccc4C1c1ccccc1C2c1ccccc13. The molecule has 3 aromatic rings. The second-order valence-corrected chi connectivity index (χ2v) is 7.55. The lowest BCUT2D eigenvalue weighted by Crippen LogP contribution is -2.23. The molecule has 6 rings (SSSR count). The molecule has 0 N–H and O–H groups in total. The Kier molecular flexibility index (Phi) is 1.98. The lowest BCUT2D eigenvalue weighted by atomic mass is 9.70. The molecule has 0 spiro atoms. The molecule has 0 atom stereocenters. The summed E-state index contributed by atoms with van der Waals surface area (Å²) in [5.74, 6) is 1.62. The third-order valence-corrected chi connectivity index (χ3v) is 6.72. The van der Waals surface area contributed by atoms with Gasteiger partial charge < -0.3 is 0 Å². The number of fused-ring (bicyclic) bond motifs is 9. The van der Waals surface area contributed by atoms with Gasteiger partial charge in [-0.05, 0) is 33.4 Å². The van der Waals surface area contributed by atoms with Crippen LogP contribution in [-0.2, 0) is 0 Å². The van der Waals surface area contributed by atoms with Gasteiger partial charge in [-0.15, -0.1) is 0 Å². The Bertz CT molecular complexity index is 771. The van der Waals surface area contributed by atoms with E-state index < -0.39 is 0 Å². The Balaban J connectivity index is 1.81. The van der Waals surface area contributed by atoms with Crippen LogP contribution in [-0.4, -0.2) is 0 Å². The van der Waals surface area contributed by atoms with Crippen LogP contribution in [0.4, 0.5) is 0 Å². The van der Waals surface area contributed by atoms with Gasteiger partial charge in [0.05, 0.1) is 0 Å². The third kappa shape index (κ3) is 1.16. The second-order valence-electron chi connectivity index (χ2n) is 7.55.